The number of nitrogens with zero attached hydrogens (tertiary/aromatic N) is 2. The first-order valence-corrected chi connectivity index (χ1v) is 10.6. The van der Waals surface area contributed by atoms with Crippen LogP contribution in [0.3, 0.4) is 0 Å². The molecule has 8 nitrogen and oxygen atoms in total. The van der Waals surface area contributed by atoms with Gasteiger partial charge in [0.2, 0.25) is 10.0 Å². The van der Waals surface area contributed by atoms with E-state index in [2.05, 4.69) is 0 Å². The zero-order valence-corrected chi connectivity index (χ0v) is 16.3. The van der Waals surface area contributed by atoms with Crippen LogP contribution in [0.15, 0.2) is 32.3 Å². The summed E-state index contributed by atoms with van der Waals surface area (Å²) in [5.41, 5.74) is 0.494. The Bertz CT molecular complexity index is 991. The molecular formula is C18H24N2O6S. The Morgan fingerprint density at radius 2 is 2.11 bits per heavy atom. The quantitative estimate of drug-likeness (QED) is 0.694. The average Bonchev–Trinajstić information content (AvgIpc) is 2.95. The largest absolute Gasteiger partial charge is 0.464 e. The number of aromatic nitrogens is 1. The summed E-state index contributed by atoms with van der Waals surface area (Å²) >= 11 is 0. The highest BCUT2D eigenvalue weighted by Gasteiger charge is 2.31. The van der Waals surface area contributed by atoms with Gasteiger partial charge in [-0.05, 0) is 38.3 Å². The topological polar surface area (TPSA) is 98.8 Å². The van der Waals surface area contributed by atoms with E-state index in [-0.39, 0.29) is 29.7 Å². The normalized spacial score (nSPS) is 18.7. The molecule has 3 rings (SSSR count). The average molecular weight is 396 g/mol. The number of carbonyl (C=O) groups excluding carboxylic acids is 1. The van der Waals surface area contributed by atoms with Crippen LogP contribution in [0, 0.1) is 0 Å². The highest BCUT2D eigenvalue weighted by atomic mass is 32.2. The summed E-state index contributed by atoms with van der Waals surface area (Å²) in [5, 5.41) is 0. The van der Waals surface area contributed by atoms with E-state index in [1.165, 1.54) is 22.5 Å². The molecule has 0 amide bonds. The van der Waals surface area contributed by atoms with Gasteiger partial charge in [0, 0.05) is 18.7 Å². The number of sulfonamides is 1. The van der Waals surface area contributed by atoms with Crippen molar-refractivity contribution in [3.63, 3.8) is 0 Å². The van der Waals surface area contributed by atoms with Crippen molar-refractivity contribution >= 4 is 27.1 Å². The highest BCUT2D eigenvalue weighted by molar-refractivity contribution is 7.89. The van der Waals surface area contributed by atoms with Crippen LogP contribution in [0.4, 0.5) is 0 Å². The SMILES string of the molecule is CCCOC(=O)Cn1c(=O)oc2cc(S(=O)(=O)N3CCCCC3C)ccc21. The van der Waals surface area contributed by atoms with E-state index in [1.54, 1.807) is 0 Å². The van der Waals surface area contributed by atoms with Crippen LogP contribution in [-0.2, 0) is 26.1 Å². The van der Waals surface area contributed by atoms with E-state index in [1.807, 2.05) is 13.8 Å². The lowest BCUT2D eigenvalue weighted by Gasteiger charge is -2.32. The van der Waals surface area contributed by atoms with Gasteiger partial charge in [0.25, 0.3) is 0 Å². The van der Waals surface area contributed by atoms with E-state index < -0.39 is 21.7 Å². The number of hydrogen-bond acceptors (Lipinski definition) is 6. The Balaban J connectivity index is 1.92. The van der Waals surface area contributed by atoms with Crippen molar-refractivity contribution in [1.29, 1.82) is 0 Å². The fourth-order valence-electron chi connectivity index (χ4n) is 3.31. The van der Waals surface area contributed by atoms with E-state index in [9.17, 15) is 18.0 Å². The van der Waals surface area contributed by atoms with Gasteiger partial charge < -0.3 is 9.15 Å². The van der Waals surface area contributed by atoms with Crippen LogP contribution in [0.2, 0.25) is 0 Å². The molecule has 9 heteroatoms. The first-order chi connectivity index (χ1) is 12.8. The van der Waals surface area contributed by atoms with E-state index >= 15 is 0 Å². The molecule has 1 atom stereocenters. The molecule has 1 aromatic heterocycles. The van der Waals surface area contributed by atoms with Crippen LogP contribution in [0.25, 0.3) is 11.1 Å². The van der Waals surface area contributed by atoms with Gasteiger partial charge >= 0.3 is 11.7 Å². The maximum absolute atomic E-state index is 13.0. The van der Waals surface area contributed by atoms with Crippen molar-refractivity contribution in [3.05, 3.63) is 28.7 Å². The third-order valence-electron chi connectivity index (χ3n) is 4.74. The Kier molecular flexibility index (Phi) is 5.71. The summed E-state index contributed by atoms with van der Waals surface area (Å²) in [6.07, 6.45) is 3.35. The molecule has 1 unspecified atom stereocenters. The molecule has 1 aromatic carbocycles. The van der Waals surface area contributed by atoms with Gasteiger partial charge in [-0.25, -0.2) is 13.2 Å². The minimum atomic E-state index is -3.67. The van der Waals surface area contributed by atoms with Crippen molar-refractivity contribution in [3.8, 4) is 0 Å². The molecule has 0 saturated carbocycles. The van der Waals surface area contributed by atoms with Gasteiger partial charge in [-0.1, -0.05) is 13.3 Å². The third-order valence-corrected chi connectivity index (χ3v) is 6.75. The molecule has 0 radical (unpaired) electrons. The summed E-state index contributed by atoms with van der Waals surface area (Å²) in [6.45, 7) is 4.25. The first-order valence-electron chi connectivity index (χ1n) is 9.15. The fourth-order valence-corrected chi connectivity index (χ4v) is 5.03. The molecular weight excluding hydrogens is 372 g/mol. The fraction of sp³-hybridized carbons (Fsp3) is 0.556. The zero-order valence-electron chi connectivity index (χ0n) is 15.5. The Morgan fingerprint density at radius 3 is 2.81 bits per heavy atom. The van der Waals surface area contributed by atoms with Crippen LogP contribution in [0.5, 0.6) is 0 Å². The molecule has 2 aromatic rings. The number of carbonyl (C=O) groups is 1. The monoisotopic (exact) mass is 396 g/mol. The Labute approximate surface area is 157 Å². The Hall–Kier alpha value is -2.13. The zero-order chi connectivity index (χ0) is 19.6. The van der Waals surface area contributed by atoms with Gasteiger partial charge in [-0.2, -0.15) is 4.31 Å². The number of benzene rings is 1. The van der Waals surface area contributed by atoms with Gasteiger partial charge in [0.1, 0.15) is 6.54 Å². The van der Waals surface area contributed by atoms with Crippen LogP contribution in [0.1, 0.15) is 39.5 Å². The molecule has 148 valence electrons. The smallest absolute Gasteiger partial charge is 0.420 e. The van der Waals surface area contributed by atoms with Gasteiger partial charge in [0.05, 0.1) is 17.0 Å². The molecule has 0 bridgehead atoms. The highest BCUT2D eigenvalue weighted by Crippen LogP contribution is 2.27. The molecule has 1 fully saturated rings. The lowest BCUT2D eigenvalue weighted by molar-refractivity contribution is -0.144. The lowest BCUT2D eigenvalue weighted by atomic mass is 10.1. The second kappa shape index (κ2) is 7.85. The molecule has 0 aliphatic carbocycles. The van der Waals surface area contributed by atoms with Crippen LogP contribution >= 0.6 is 0 Å². The maximum atomic E-state index is 13.0. The lowest BCUT2D eigenvalue weighted by Crippen LogP contribution is -2.41. The van der Waals surface area contributed by atoms with E-state index in [4.69, 9.17) is 9.15 Å². The maximum Gasteiger partial charge on any atom is 0.420 e. The molecule has 27 heavy (non-hydrogen) atoms. The number of hydrogen-bond donors (Lipinski definition) is 0. The van der Waals surface area contributed by atoms with Gasteiger partial charge in [-0.3, -0.25) is 9.36 Å². The van der Waals surface area contributed by atoms with Crippen molar-refractivity contribution < 1.29 is 22.4 Å². The second-order valence-electron chi connectivity index (χ2n) is 6.76. The molecule has 0 spiro atoms. The molecule has 0 N–H and O–H groups in total. The van der Waals surface area contributed by atoms with Crippen molar-refractivity contribution in [2.75, 3.05) is 13.2 Å². The number of fused-ring (bicyclic) bond motifs is 1. The number of ether oxygens (including phenoxy) is 1. The Morgan fingerprint density at radius 1 is 1.33 bits per heavy atom. The first kappa shape index (κ1) is 19.6. The minimum absolute atomic E-state index is 0.0654. The summed E-state index contributed by atoms with van der Waals surface area (Å²) in [7, 11) is -3.67. The standard InChI is InChI=1S/C18H24N2O6S/c1-3-10-25-17(21)12-19-15-8-7-14(11-16(15)26-18(19)22)27(23,24)20-9-5-4-6-13(20)2/h7-8,11,13H,3-6,9-10,12H2,1-2H3. The minimum Gasteiger partial charge on any atom is -0.464 e. The number of piperidine rings is 1. The van der Waals surface area contributed by atoms with E-state index in [0.29, 0.717) is 18.5 Å². The molecule has 1 aliphatic rings. The van der Waals surface area contributed by atoms with Gasteiger partial charge in [-0.15, -0.1) is 0 Å². The van der Waals surface area contributed by atoms with Crippen molar-refractivity contribution in [2.45, 2.75) is 57.0 Å². The number of esters is 1. The summed E-state index contributed by atoms with van der Waals surface area (Å²) in [5.74, 6) is -1.26. The predicted octanol–water partition coefficient (Wildman–Crippen LogP) is 2.11. The number of rotatable bonds is 6. The van der Waals surface area contributed by atoms with E-state index in [0.717, 1.165) is 23.8 Å². The summed E-state index contributed by atoms with van der Waals surface area (Å²) in [6, 6.07) is 4.22. The van der Waals surface area contributed by atoms with Crippen LogP contribution in [-0.4, -0.2) is 42.5 Å². The second-order valence-corrected chi connectivity index (χ2v) is 8.66. The van der Waals surface area contributed by atoms with Crippen LogP contribution < -0.4 is 5.76 Å². The molecule has 1 saturated heterocycles. The summed E-state index contributed by atoms with van der Waals surface area (Å²) in [4.78, 5) is 24.0. The number of oxazole rings is 1. The van der Waals surface area contributed by atoms with Gasteiger partial charge in [0.15, 0.2) is 5.58 Å². The predicted molar refractivity (Wildman–Crippen MR) is 98.9 cm³/mol. The van der Waals surface area contributed by atoms with Crippen molar-refractivity contribution in [1.82, 2.24) is 8.87 Å². The van der Waals surface area contributed by atoms with Crippen molar-refractivity contribution in [2.24, 2.45) is 0 Å². The molecule has 2 heterocycles. The summed E-state index contributed by atoms with van der Waals surface area (Å²) < 4.78 is 38.7. The molecule has 1 aliphatic heterocycles. The third kappa shape index (κ3) is 3.93.